The lowest BCUT2D eigenvalue weighted by molar-refractivity contribution is -0.180. The Hall–Kier alpha value is -0.983. The minimum Gasteiger partial charge on any atom is -0.463 e. The van der Waals surface area contributed by atoms with Crippen LogP contribution in [0.4, 0.5) is 0 Å². The van der Waals surface area contributed by atoms with Gasteiger partial charge in [0.2, 0.25) is 0 Å². The van der Waals surface area contributed by atoms with Gasteiger partial charge in [0.25, 0.3) is 0 Å². The van der Waals surface area contributed by atoms with Gasteiger partial charge in [0.15, 0.2) is 19.7 Å². The highest BCUT2D eigenvalue weighted by Crippen LogP contribution is 2.59. The van der Waals surface area contributed by atoms with Crippen molar-refractivity contribution >= 4 is 20.1 Å². The van der Waals surface area contributed by atoms with E-state index in [0.717, 1.165) is 11.1 Å². The first-order chi connectivity index (χ1) is 11.3. The van der Waals surface area contributed by atoms with Crippen LogP contribution in [-0.4, -0.2) is 43.5 Å². The maximum atomic E-state index is 12.6. The third kappa shape index (κ3) is 2.33. The summed E-state index contributed by atoms with van der Waals surface area (Å²) in [5, 5.41) is 11.5. The van der Waals surface area contributed by atoms with Crippen molar-refractivity contribution in [2.75, 3.05) is 6.61 Å². The van der Waals surface area contributed by atoms with Gasteiger partial charge in [0, 0.05) is 6.42 Å². The molecular weight excluding hydrogens is 336 g/mol. The van der Waals surface area contributed by atoms with Crippen molar-refractivity contribution in [2.45, 2.75) is 77.3 Å². The summed E-state index contributed by atoms with van der Waals surface area (Å²) in [6.07, 6.45) is 0.111. The third-order valence-electron chi connectivity index (χ3n) is 7.28. The molecule has 0 spiro atoms. The fraction of sp³-hybridized carbons (Fsp3) is 0.789. The Labute approximate surface area is 150 Å². The van der Waals surface area contributed by atoms with Gasteiger partial charge in [-0.1, -0.05) is 33.3 Å². The van der Waals surface area contributed by atoms with E-state index in [2.05, 4.69) is 33.9 Å². The molecule has 6 heteroatoms. The van der Waals surface area contributed by atoms with Gasteiger partial charge in [-0.25, -0.2) is 4.79 Å². The van der Waals surface area contributed by atoms with Crippen LogP contribution in [0.25, 0.3) is 0 Å². The zero-order valence-corrected chi connectivity index (χ0v) is 17.4. The van der Waals surface area contributed by atoms with E-state index in [-0.39, 0.29) is 23.3 Å². The van der Waals surface area contributed by atoms with Crippen LogP contribution in [-0.2, 0) is 18.8 Å². The maximum Gasteiger partial charge on any atom is 0.341 e. The van der Waals surface area contributed by atoms with Crippen LogP contribution in [0, 0.1) is 11.3 Å². The summed E-state index contributed by atoms with van der Waals surface area (Å²) in [5.74, 6) is -0.638. The van der Waals surface area contributed by atoms with Crippen LogP contribution in [0.15, 0.2) is 11.1 Å². The van der Waals surface area contributed by atoms with E-state index in [1.165, 1.54) is 0 Å². The Bertz CT molecular complexity index is 674. The highest BCUT2D eigenvalue weighted by Gasteiger charge is 2.71. The molecule has 2 aliphatic carbocycles. The minimum absolute atomic E-state index is 0.0476. The first-order valence-corrected chi connectivity index (χ1v) is 12.0. The molecular formula is C19H30O5Si. The van der Waals surface area contributed by atoms with Crippen molar-refractivity contribution in [1.82, 2.24) is 0 Å². The Morgan fingerprint density at radius 2 is 1.84 bits per heavy atom. The third-order valence-corrected chi connectivity index (χ3v) is 11.8. The molecule has 0 bridgehead atoms. The molecule has 4 atom stereocenters. The number of carbonyl (C=O) groups excluding carboxylic acids is 2. The van der Waals surface area contributed by atoms with Gasteiger partial charge in [0.1, 0.15) is 6.61 Å². The average Bonchev–Trinajstić information content (AvgIpc) is 2.89. The zero-order valence-electron chi connectivity index (χ0n) is 16.4. The van der Waals surface area contributed by atoms with Crippen LogP contribution < -0.4 is 0 Å². The van der Waals surface area contributed by atoms with Crippen molar-refractivity contribution in [3.05, 3.63) is 11.1 Å². The SMILES string of the molecule is CC1=C2C[C@@H](O[Si](C)(C)C(C)(C)C)[C@@]3(O)C(=O)OC[C@@]3(C)[C@@H]2CC1=O. The molecule has 3 rings (SSSR count). The quantitative estimate of drug-likeness (QED) is 0.601. The molecule has 3 aliphatic rings. The molecule has 0 unspecified atom stereocenters. The topological polar surface area (TPSA) is 72.8 Å². The predicted molar refractivity (Wildman–Crippen MR) is 96.5 cm³/mol. The summed E-state index contributed by atoms with van der Waals surface area (Å²) in [4.78, 5) is 24.9. The molecule has 0 radical (unpaired) electrons. The Morgan fingerprint density at radius 1 is 1.24 bits per heavy atom. The summed E-state index contributed by atoms with van der Waals surface area (Å²) in [5.41, 5.74) is -0.699. The van der Waals surface area contributed by atoms with E-state index in [0.29, 0.717) is 12.8 Å². The molecule has 1 saturated carbocycles. The molecule has 0 amide bonds. The van der Waals surface area contributed by atoms with Gasteiger partial charge in [-0.05, 0) is 43.0 Å². The van der Waals surface area contributed by atoms with Crippen LogP contribution in [0.2, 0.25) is 18.1 Å². The van der Waals surface area contributed by atoms with E-state index >= 15 is 0 Å². The number of ether oxygens (including phenoxy) is 1. The van der Waals surface area contributed by atoms with Crippen molar-refractivity contribution in [3.8, 4) is 0 Å². The monoisotopic (exact) mass is 366 g/mol. The van der Waals surface area contributed by atoms with Gasteiger partial charge < -0.3 is 14.3 Å². The molecule has 1 N–H and O–H groups in total. The van der Waals surface area contributed by atoms with Gasteiger partial charge in [0.05, 0.1) is 11.5 Å². The second-order valence-corrected chi connectivity index (χ2v) is 14.4. The number of rotatable bonds is 2. The van der Waals surface area contributed by atoms with E-state index < -0.39 is 31.4 Å². The highest BCUT2D eigenvalue weighted by atomic mass is 28.4. The minimum atomic E-state index is -2.22. The number of allylic oxidation sites excluding steroid dienone is 1. The number of aliphatic hydroxyl groups is 1. The summed E-state index contributed by atoms with van der Waals surface area (Å²) >= 11 is 0. The zero-order chi connectivity index (χ0) is 19.0. The molecule has 1 aliphatic heterocycles. The van der Waals surface area contributed by atoms with Crippen molar-refractivity contribution in [1.29, 1.82) is 0 Å². The van der Waals surface area contributed by atoms with Gasteiger partial charge in [-0.15, -0.1) is 0 Å². The molecule has 1 heterocycles. The van der Waals surface area contributed by atoms with Crippen molar-refractivity contribution < 1.29 is 23.9 Å². The largest absolute Gasteiger partial charge is 0.463 e. The summed E-state index contributed by atoms with van der Waals surface area (Å²) in [6, 6.07) is 0. The second kappa shape index (κ2) is 5.27. The first kappa shape index (κ1) is 18.8. The molecule has 140 valence electrons. The van der Waals surface area contributed by atoms with Gasteiger partial charge >= 0.3 is 5.97 Å². The highest BCUT2D eigenvalue weighted by molar-refractivity contribution is 6.74. The normalized spacial score (nSPS) is 38.7. The first-order valence-electron chi connectivity index (χ1n) is 9.06. The number of Topliss-reactive ketones (excluding diaryl/α,β-unsaturated/α-hetero) is 1. The smallest absolute Gasteiger partial charge is 0.341 e. The number of ketones is 1. The van der Waals surface area contributed by atoms with E-state index in [4.69, 9.17) is 9.16 Å². The number of hydrogen-bond acceptors (Lipinski definition) is 5. The molecule has 5 nitrogen and oxygen atoms in total. The lowest BCUT2D eigenvalue weighted by Gasteiger charge is -2.52. The lowest BCUT2D eigenvalue weighted by atomic mass is 9.57. The molecule has 25 heavy (non-hydrogen) atoms. The van der Waals surface area contributed by atoms with Crippen LogP contribution in [0.5, 0.6) is 0 Å². The lowest BCUT2D eigenvalue weighted by Crippen LogP contribution is -2.65. The van der Waals surface area contributed by atoms with Gasteiger partial charge in [-0.2, -0.15) is 0 Å². The van der Waals surface area contributed by atoms with Crippen LogP contribution >= 0.6 is 0 Å². The van der Waals surface area contributed by atoms with Crippen molar-refractivity contribution in [2.24, 2.45) is 11.3 Å². The summed E-state index contributed by atoms with van der Waals surface area (Å²) in [6.45, 7) is 14.5. The average molecular weight is 367 g/mol. The number of esters is 1. The second-order valence-electron chi connectivity index (χ2n) is 9.66. The van der Waals surface area contributed by atoms with Crippen molar-refractivity contribution in [3.63, 3.8) is 0 Å². The maximum absolute atomic E-state index is 12.6. The summed E-state index contributed by atoms with van der Waals surface area (Å²) in [7, 11) is -2.22. The molecule has 0 aromatic heterocycles. The Balaban J connectivity index is 2.09. The van der Waals surface area contributed by atoms with E-state index in [1.807, 2.05) is 13.8 Å². The molecule has 1 saturated heterocycles. The fourth-order valence-corrected chi connectivity index (χ4v) is 5.67. The number of carbonyl (C=O) groups is 2. The standard InChI is InChI=1S/C19H30O5Si/c1-11-12-8-15(24-25(6,7)17(2,3)4)19(22)16(21)23-10-18(19,5)13(12)9-14(11)20/h13,15,22H,8-10H2,1-7H3/t13-,15-,18+,19-/m1/s1. The van der Waals surface area contributed by atoms with Crippen LogP contribution in [0.1, 0.15) is 47.5 Å². The number of hydrogen-bond donors (Lipinski definition) is 1. The molecule has 0 aromatic carbocycles. The fourth-order valence-electron chi connectivity index (χ4n) is 4.35. The van der Waals surface area contributed by atoms with Gasteiger partial charge in [-0.3, -0.25) is 4.79 Å². The Kier molecular flexibility index (Phi) is 3.96. The predicted octanol–water partition coefficient (Wildman–Crippen LogP) is 2.98. The summed E-state index contributed by atoms with van der Waals surface area (Å²) < 4.78 is 11.9. The molecule has 2 fully saturated rings. The van der Waals surface area contributed by atoms with E-state index in [9.17, 15) is 14.7 Å². The van der Waals surface area contributed by atoms with Crippen LogP contribution in [0.3, 0.4) is 0 Å². The number of fused-ring (bicyclic) bond motifs is 3. The van der Waals surface area contributed by atoms with E-state index in [1.54, 1.807) is 0 Å². The number of cyclic esters (lactones) is 1. The molecule has 0 aromatic rings. The Morgan fingerprint density at radius 3 is 2.40 bits per heavy atom.